The van der Waals surface area contributed by atoms with Crippen molar-refractivity contribution in [2.75, 3.05) is 0 Å². The summed E-state index contributed by atoms with van der Waals surface area (Å²) in [5.74, 6) is 0. The molecule has 4 heteroatoms. The first-order chi connectivity index (χ1) is 6.68. The number of hydrogen-bond acceptors (Lipinski definition) is 3. The van der Waals surface area contributed by atoms with E-state index >= 15 is 0 Å². The molecule has 0 unspecified atom stereocenters. The Morgan fingerprint density at radius 1 is 1.43 bits per heavy atom. The van der Waals surface area contributed by atoms with Gasteiger partial charge in [-0.3, -0.25) is 0 Å². The van der Waals surface area contributed by atoms with Crippen molar-refractivity contribution < 1.29 is 0 Å². The Kier molecular flexibility index (Phi) is 2.54. The third-order valence-electron chi connectivity index (χ3n) is 3.03. The normalized spacial score (nSPS) is 21.0. The molecule has 1 saturated carbocycles. The lowest BCUT2D eigenvalue weighted by Gasteiger charge is -2.32. The van der Waals surface area contributed by atoms with Gasteiger partial charge in [-0.25, -0.2) is 0 Å². The number of aryl methyl sites for hydroxylation is 1. The Labute approximate surface area is 84.5 Å². The predicted octanol–water partition coefficient (Wildman–Crippen LogP) is 1.02. The van der Waals surface area contributed by atoms with E-state index in [1.54, 1.807) is 4.80 Å². The average Bonchev–Trinajstić information content (AvgIpc) is 2.51. The highest BCUT2D eigenvalue weighted by atomic mass is 15.4. The van der Waals surface area contributed by atoms with E-state index < -0.39 is 0 Å². The van der Waals surface area contributed by atoms with Crippen LogP contribution >= 0.6 is 0 Å². The summed E-state index contributed by atoms with van der Waals surface area (Å²) in [6.07, 6.45) is 8.81. The summed E-state index contributed by atoms with van der Waals surface area (Å²) >= 11 is 0. The number of aromatic nitrogens is 3. The Morgan fingerprint density at radius 3 is 2.71 bits per heavy atom. The first kappa shape index (κ1) is 9.65. The van der Waals surface area contributed by atoms with Gasteiger partial charge in [0.05, 0.1) is 11.9 Å². The number of nitrogens with zero attached hydrogens (tertiary/aromatic N) is 3. The molecule has 0 aliphatic heterocycles. The summed E-state index contributed by atoms with van der Waals surface area (Å²) in [7, 11) is 1.84. The van der Waals surface area contributed by atoms with Gasteiger partial charge in [0, 0.05) is 19.0 Å². The second-order valence-corrected chi connectivity index (χ2v) is 4.43. The second-order valence-electron chi connectivity index (χ2n) is 4.43. The molecule has 1 aromatic rings. The molecular weight excluding hydrogens is 176 g/mol. The van der Waals surface area contributed by atoms with Crippen LogP contribution in [0.15, 0.2) is 6.20 Å². The Balaban J connectivity index is 2.01. The summed E-state index contributed by atoms with van der Waals surface area (Å²) in [6, 6.07) is 0. The number of nitrogens with two attached hydrogens (primary N) is 1. The van der Waals surface area contributed by atoms with Gasteiger partial charge in [0.2, 0.25) is 0 Å². The number of rotatable bonds is 2. The highest BCUT2D eigenvalue weighted by Crippen LogP contribution is 2.28. The zero-order chi connectivity index (χ0) is 10.0. The van der Waals surface area contributed by atoms with Crippen LogP contribution in [-0.4, -0.2) is 20.5 Å². The van der Waals surface area contributed by atoms with Crippen molar-refractivity contribution in [3.05, 3.63) is 11.9 Å². The zero-order valence-corrected chi connectivity index (χ0v) is 8.74. The van der Waals surface area contributed by atoms with Crippen molar-refractivity contribution in [3.63, 3.8) is 0 Å². The van der Waals surface area contributed by atoms with Crippen molar-refractivity contribution in [1.29, 1.82) is 0 Å². The van der Waals surface area contributed by atoms with Crippen molar-refractivity contribution in [1.82, 2.24) is 15.0 Å². The molecule has 2 rings (SSSR count). The molecule has 1 aliphatic rings. The lowest BCUT2D eigenvalue weighted by atomic mass is 9.79. The number of hydrogen-bond donors (Lipinski definition) is 1. The Hall–Kier alpha value is -0.900. The van der Waals surface area contributed by atoms with Gasteiger partial charge in [0.25, 0.3) is 0 Å². The Bertz CT molecular complexity index is 299. The minimum atomic E-state index is -0.0196. The predicted molar refractivity (Wildman–Crippen MR) is 54.7 cm³/mol. The van der Waals surface area contributed by atoms with E-state index in [-0.39, 0.29) is 5.54 Å². The maximum Gasteiger partial charge on any atom is 0.0845 e. The van der Waals surface area contributed by atoms with Crippen molar-refractivity contribution >= 4 is 0 Å². The van der Waals surface area contributed by atoms with Crippen LogP contribution in [0.5, 0.6) is 0 Å². The van der Waals surface area contributed by atoms with E-state index in [9.17, 15) is 0 Å². The summed E-state index contributed by atoms with van der Waals surface area (Å²) in [4.78, 5) is 1.60. The fraction of sp³-hybridized carbons (Fsp3) is 0.800. The highest BCUT2D eigenvalue weighted by molar-refractivity contribution is 5.02. The smallest absolute Gasteiger partial charge is 0.0845 e. The quantitative estimate of drug-likeness (QED) is 0.764. The van der Waals surface area contributed by atoms with E-state index in [1.165, 1.54) is 19.3 Å². The van der Waals surface area contributed by atoms with Crippen LogP contribution in [0.1, 0.15) is 37.8 Å². The van der Waals surface area contributed by atoms with E-state index in [4.69, 9.17) is 5.73 Å². The molecule has 0 atom stereocenters. The van der Waals surface area contributed by atoms with Crippen molar-refractivity contribution in [2.45, 2.75) is 44.1 Å². The molecule has 0 amide bonds. The van der Waals surface area contributed by atoms with Crippen molar-refractivity contribution in [3.8, 4) is 0 Å². The van der Waals surface area contributed by atoms with Gasteiger partial charge >= 0.3 is 0 Å². The second kappa shape index (κ2) is 3.69. The largest absolute Gasteiger partial charge is 0.325 e. The first-order valence-corrected chi connectivity index (χ1v) is 5.32. The minimum absolute atomic E-state index is 0.0196. The summed E-state index contributed by atoms with van der Waals surface area (Å²) in [5.41, 5.74) is 7.33. The minimum Gasteiger partial charge on any atom is -0.325 e. The Morgan fingerprint density at radius 2 is 2.14 bits per heavy atom. The fourth-order valence-electron chi connectivity index (χ4n) is 2.26. The third-order valence-corrected chi connectivity index (χ3v) is 3.03. The van der Waals surface area contributed by atoms with E-state index in [2.05, 4.69) is 10.2 Å². The molecule has 1 fully saturated rings. The van der Waals surface area contributed by atoms with Crippen LogP contribution in [-0.2, 0) is 13.5 Å². The molecule has 0 radical (unpaired) electrons. The van der Waals surface area contributed by atoms with Gasteiger partial charge < -0.3 is 5.73 Å². The molecule has 4 nitrogen and oxygen atoms in total. The molecule has 78 valence electrons. The van der Waals surface area contributed by atoms with Crippen LogP contribution in [0.25, 0.3) is 0 Å². The van der Waals surface area contributed by atoms with Crippen molar-refractivity contribution in [2.24, 2.45) is 12.8 Å². The van der Waals surface area contributed by atoms with Crippen LogP contribution in [0, 0.1) is 0 Å². The molecule has 0 aromatic carbocycles. The molecule has 1 aromatic heterocycles. The third kappa shape index (κ3) is 2.12. The molecule has 1 heterocycles. The van der Waals surface area contributed by atoms with E-state index in [1.807, 2.05) is 13.2 Å². The molecule has 0 bridgehead atoms. The van der Waals surface area contributed by atoms with Gasteiger partial charge in [-0.1, -0.05) is 19.3 Å². The molecule has 1 aliphatic carbocycles. The fourth-order valence-corrected chi connectivity index (χ4v) is 2.26. The SMILES string of the molecule is Cn1ncc(CC2(N)CCCCC2)n1. The van der Waals surface area contributed by atoms with Gasteiger partial charge in [-0.05, 0) is 12.8 Å². The van der Waals surface area contributed by atoms with Crippen LogP contribution in [0.4, 0.5) is 0 Å². The monoisotopic (exact) mass is 194 g/mol. The maximum atomic E-state index is 6.32. The maximum absolute atomic E-state index is 6.32. The topological polar surface area (TPSA) is 56.7 Å². The lowest BCUT2D eigenvalue weighted by molar-refractivity contribution is 0.291. The van der Waals surface area contributed by atoms with E-state index in [0.717, 1.165) is 25.0 Å². The molecule has 2 N–H and O–H groups in total. The lowest BCUT2D eigenvalue weighted by Crippen LogP contribution is -2.43. The van der Waals surface area contributed by atoms with E-state index in [0.29, 0.717) is 0 Å². The van der Waals surface area contributed by atoms with Crippen LogP contribution in [0.3, 0.4) is 0 Å². The van der Waals surface area contributed by atoms with Gasteiger partial charge in [-0.2, -0.15) is 15.0 Å². The summed E-state index contributed by atoms with van der Waals surface area (Å²) in [6.45, 7) is 0. The molecule has 0 saturated heterocycles. The standard InChI is InChI=1S/C10H18N4/c1-14-12-8-9(13-14)7-10(11)5-3-2-4-6-10/h8H,2-7,11H2,1H3. The van der Waals surface area contributed by atoms with Crippen LogP contribution < -0.4 is 5.73 Å². The molecular formula is C10H18N4. The summed E-state index contributed by atoms with van der Waals surface area (Å²) < 4.78 is 0. The van der Waals surface area contributed by atoms with Crippen LogP contribution in [0.2, 0.25) is 0 Å². The average molecular weight is 194 g/mol. The van der Waals surface area contributed by atoms with Gasteiger partial charge in [-0.15, -0.1) is 0 Å². The summed E-state index contributed by atoms with van der Waals surface area (Å²) in [5, 5.41) is 8.34. The van der Waals surface area contributed by atoms with Gasteiger partial charge in [0.15, 0.2) is 0 Å². The highest BCUT2D eigenvalue weighted by Gasteiger charge is 2.28. The first-order valence-electron chi connectivity index (χ1n) is 5.32. The molecule has 14 heavy (non-hydrogen) atoms. The zero-order valence-electron chi connectivity index (χ0n) is 8.74. The van der Waals surface area contributed by atoms with Gasteiger partial charge in [0.1, 0.15) is 0 Å². The molecule has 0 spiro atoms.